The maximum Gasteiger partial charge on any atom is 0.274 e. The number of rotatable bonds is 4. The SMILES string of the molecule is Cc1ccc(Nc2c(-c3c(F)cc(F)cc3F)c(Cl)nc3ncnn23)cc1[N+](=O)[O-]. The highest BCUT2D eigenvalue weighted by Gasteiger charge is 2.25. The number of nitrogens with one attached hydrogen (secondary N) is 1. The molecule has 0 saturated carbocycles. The lowest BCUT2D eigenvalue weighted by Crippen LogP contribution is -2.07. The van der Waals surface area contributed by atoms with Crippen molar-refractivity contribution in [2.45, 2.75) is 6.92 Å². The van der Waals surface area contributed by atoms with E-state index in [0.717, 1.165) is 10.8 Å². The Kier molecular flexibility index (Phi) is 4.74. The summed E-state index contributed by atoms with van der Waals surface area (Å²) in [5, 5.41) is 17.7. The van der Waals surface area contributed by atoms with E-state index in [1.807, 2.05) is 0 Å². The van der Waals surface area contributed by atoms with Gasteiger partial charge in [-0.1, -0.05) is 17.7 Å². The highest BCUT2D eigenvalue weighted by Crippen LogP contribution is 2.39. The molecular formula is C18H10ClF3N6O2. The number of fused-ring (bicyclic) bond motifs is 1. The molecular weight excluding hydrogens is 425 g/mol. The third-order valence-corrected chi connectivity index (χ3v) is 4.58. The molecule has 0 aliphatic heterocycles. The summed E-state index contributed by atoms with van der Waals surface area (Å²) in [5.74, 6) is -3.59. The number of halogens is 4. The maximum atomic E-state index is 14.5. The van der Waals surface area contributed by atoms with E-state index in [-0.39, 0.29) is 33.7 Å². The molecule has 8 nitrogen and oxygen atoms in total. The quantitative estimate of drug-likeness (QED) is 0.281. The monoisotopic (exact) mass is 434 g/mol. The third-order valence-electron chi connectivity index (χ3n) is 4.31. The summed E-state index contributed by atoms with van der Waals surface area (Å²) in [7, 11) is 0. The summed E-state index contributed by atoms with van der Waals surface area (Å²) in [6.07, 6.45) is 1.14. The predicted molar refractivity (Wildman–Crippen MR) is 102 cm³/mol. The molecule has 0 aliphatic carbocycles. The summed E-state index contributed by atoms with van der Waals surface area (Å²) >= 11 is 6.19. The molecule has 12 heteroatoms. The maximum absolute atomic E-state index is 14.5. The fraction of sp³-hybridized carbons (Fsp3) is 0.0556. The lowest BCUT2D eigenvalue weighted by molar-refractivity contribution is -0.385. The molecule has 0 bridgehead atoms. The molecule has 2 aromatic heterocycles. The first-order valence-electron chi connectivity index (χ1n) is 8.32. The summed E-state index contributed by atoms with van der Waals surface area (Å²) in [6.45, 7) is 1.57. The van der Waals surface area contributed by atoms with E-state index < -0.39 is 27.9 Å². The Labute approximate surface area is 171 Å². The Morgan fingerprint density at radius 3 is 2.50 bits per heavy atom. The number of nitrogens with zero attached hydrogens (tertiary/aromatic N) is 5. The molecule has 2 aromatic carbocycles. The fourth-order valence-electron chi connectivity index (χ4n) is 2.96. The van der Waals surface area contributed by atoms with E-state index >= 15 is 0 Å². The third kappa shape index (κ3) is 3.28. The van der Waals surface area contributed by atoms with Gasteiger partial charge in [0.15, 0.2) is 0 Å². The number of aryl methyl sites for hydroxylation is 1. The normalized spacial score (nSPS) is 11.1. The van der Waals surface area contributed by atoms with Crippen LogP contribution in [-0.4, -0.2) is 24.5 Å². The molecule has 0 unspecified atom stereocenters. The number of benzene rings is 2. The number of aromatic nitrogens is 4. The van der Waals surface area contributed by atoms with Crippen molar-refractivity contribution in [2.24, 2.45) is 0 Å². The summed E-state index contributed by atoms with van der Waals surface area (Å²) in [4.78, 5) is 18.5. The van der Waals surface area contributed by atoms with Crippen molar-refractivity contribution in [2.75, 3.05) is 5.32 Å². The second-order valence-corrected chi connectivity index (χ2v) is 6.58. The number of hydrogen-bond acceptors (Lipinski definition) is 6. The lowest BCUT2D eigenvalue weighted by Gasteiger charge is -2.16. The first kappa shape index (κ1) is 19.6. The van der Waals surface area contributed by atoms with E-state index in [0.29, 0.717) is 17.7 Å². The van der Waals surface area contributed by atoms with Gasteiger partial charge in [0.25, 0.3) is 11.5 Å². The minimum atomic E-state index is -1.21. The largest absolute Gasteiger partial charge is 0.339 e. The van der Waals surface area contributed by atoms with Crippen molar-refractivity contribution in [3.8, 4) is 11.1 Å². The number of anilines is 2. The van der Waals surface area contributed by atoms with Gasteiger partial charge < -0.3 is 5.32 Å². The van der Waals surface area contributed by atoms with E-state index in [4.69, 9.17) is 11.6 Å². The van der Waals surface area contributed by atoms with Gasteiger partial charge in [-0.15, -0.1) is 0 Å². The van der Waals surface area contributed by atoms with Crippen molar-refractivity contribution >= 4 is 34.6 Å². The first-order chi connectivity index (χ1) is 14.3. The molecule has 0 amide bonds. The molecule has 30 heavy (non-hydrogen) atoms. The molecule has 2 heterocycles. The Bertz CT molecular complexity index is 1300. The van der Waals surface area contributed by atoms with E-state index in [1.54, 1.807) is 6.92 Å². The molecule has 0 spiro atoms. The van der Waals surface area contributed by atoms with Crippen LogP contribution in [0.5, 0.6) is 0 Å². The highest BCUT2D eigenvalue weighted by molar-refractivity contribution is 6.33. The molecule has 4 aromatic rings. The van der Waals surface area contributed by atoms with Crippen LogP contribution in [0.4, 0.5) is 30.4 Å². The van der Waals surface area contributed by atoms with Gasteiger partial charge in [0.2, 0.25) is 0 Å². The molecule has 0 atom stereocenters. The Morgan fingerprint density at radius 2 is 1.83 bits per heavy atom. The summed E-state index contributed by atoms with van der Waals surface area (Å²) in [5.41, 5.74) is -0.436. The second-order valence-electron chi connectivity index (χ2n) is 6.23. The molecule has 0 fully saturated rings. The van der Waals surface area contributed by atoms with E-state index in [2.05, 4.69) is 20.4 Å². The van der Waals surface area contributed by atoms with Crippen LogP contribution in [0.1, 0.15) is 5.56 Å². The van der Waals surface area contributed by atoms with Crippen molar-refractivity contribution in [1.82, 2.24) is 19.6 Å². The predicted octanol–water partition coefficient (Wildman–Crippen LogP) is 4.82. The Hall–Kier alpha value is -3.73. The molecule has 1 N–H and O–H groups in total. The molecule has 0 radical (unpaired) electrons. The van der Waals surface area contributed by atoms with E-state index in [1.165, 1.54) is 18.2 Å². The zero-order valence-corrected chi connectivity index (χ0v) is 15.8. The summed E-state index contributed by atoms with van der Waals surface area (Å²) < 4.78 is 43.5. The zero-order chi connectivity index (χ0) is 21.6. The van der Waals surface area contributed by atoms with Gasteiger partial charge in [-0.3, -0.25) is 10.1 Å². The van der Waals surface area contributed by atoms with Crippen LogP contribution in [0.2, 0.25) is 5.15 Å². The van der Waals surface area contributed by atoms with Gasteiger partial charge in [0.05, 0.1) is 16.1 Å². The van der Waals surface area contributed by atoms with Crippen molar-refractivity contribution < 1.29 is 18.1 Å². The van der Waals surface area contributed by atoms with Crippen LogP contribution >= 0.6 is 11.6 Å². The van der Waals surface area contributed by atoms with Crippen LogP contribution < -0.4 is 5.32 Å². The van der Waals surface area contributed by atoms with Crippen molar-refractivity contribution in [3.05, 3.63) is 74.9 Å². The topological polar surface area (TPSA) is 98.2 Å². The van der Waals surface area contributed by atoms with Gasteiger partial charge in [0.1, 0.15) is 34.7 Å². The average molecular weight is 435 g/mol. The van der Waals surface area contributed by atoms with Crippen molar-refractivity contribution in [3.63, 3.8) is 0 Å². The van der Waals surface area contributed by atoms with Crippen molar-refractivity contribution in [1.29, 1.82) is 0 Å². The lowest BCUT2D eigenvalue weighted by atomic mass is 10.1. The molecule has 152 valence electrons. The number of nitro groups is 1. The van der Waals surface area contributed by atoms with Crippen LogP contribution in [0.25, 0.3) is 16.9 Å². The second kappa shape index (κ2) is 7.26. The average Bonchev–Trinajstić information content (AvgIpc) is 3.12. The van der Waals surface area contributed by atoms with Gasteiger partial charge in [-0.25, -0.2) is 13.2 Å². The standard InChI is InChI=1S/C18H10ClF3N6O2/c1-8-2-3-10(6-13(8)28(29)30)25-17-15(14-11(21)4-9(20)5-12(14)22)16(19)26-18-23-7-24-27(17)18/h2-7,25H,1H3. The van der Waals surface area contributed by atoms with Gasteiger partial charge in [-0.05, 0) is 13.0 Å². The van der Waals surface area contributed by atoms with Gasteiger partial charge in [-0.2, -0.15) is 19.6 Å². The highest BCUT2D eigenvalue weighted by atomic mass is 35.5. The molecule has 0 aliphatic rings. The zero-order valence-electron chi connectivity index (χ0n) is 15.0. The van der Waals surface area contributed by atoms with Gasteiger partial charge >= 0.3 is 0 Å². The minimum absolute atomic E-state index is 0.00999. The fourth-order valence-corrected chi connectivity index (χ4v) is 3.21. The van der Waals surface area contributed by atoms with Gasteiger partial charge in [0, 0.05) is 29.4 Å². The van der Waals surface area contributed by atoms with E-state index in [9.17, 15) is 23.3 Å². The first-order valence-corrected chi connectivity index (χ1v) is 8.70. The van der Waals surface area contributed by atoms with Crippen LogP contribution in [-0.2, 0) is 0 Å². The summed E-state index contributed by atoms with van der Waals surface area (Å²) in [6, 6.07) is 5.27. The number of nitro benzene ring substituents is 1. The van der Waals surface area contributed by atoms with Crippen LogP contribution in [0.3, 0.4) is 0 Å². The molecule has 4 rings (SSSR count). The molecule has 0 saturated heterocycles. The minimum Gasteiger partial charge on any atom is -0.339 e. The Morgan fingerprint density at radius 1 is 1.13 bits per heavy atom. The smallest absolute Gasteiger partial charge is 0.274 e. The van der Waals surface area contributed by atoms with Crippen LogP contribution in [0, 0.1) is 34.5 Å². The number of hydrogen-bond donors (Lipinski definition) is 1. The van der Waals surface area contributed by atoms with Crippen LogP contribution in [0.15, 0.2) is 36.7 Å². The Balaban J connectivity index is 1.98.